The summed E-state index contributed by atoms with van der Waals surface area (Å²) in [6.07, 6.45) is 0. The van der Waals surface area contributed by atoms with Crippen LogP contribution in [0, 0.1) is 6.92 Å². The monoisotopic (exact) mass is 270 g/mol. The Morgan fingerprint density at radius 2 is 2.16 bits per heavy atom. The van der Waals surface area contributed by atoms with Gasteiger partial charge in [-0.15, -0.1) is 0 Å². The molecule has 1 rings (SSSR count). The molecule has 3 amide bonds. The molecular formula is C10H14N4O5. The zero-order valence-corrected chi connectivity index (χ0v) is 10.3. The van der Waals surface area contributed by atoms with E-state index >= 15 is 0 Å². The molecule has 0 fully saturated rings. The molecule has 0 aliphatic carbocycles. The molecule has 0 aromatic carbocycles. The van der Waals surface area contributed by atoms with Crippen LogP contribution < -0.4 is 11.1 Å². The summed E-state index contributed by atoms with van der Waals surface area (Å²) in [4.78, 5) is 33.8. The number of aryl methyl sites for hydroxylation is 1. The predicted octanol–water partition coefficient (Wildman–Crippen LogP) is -0.935. The Morgan fingerprint density at radius 3 is 2.63 bits per heavy atom. The van der Waals surface area contributed by atoms with Gasteiger partial charge in [0.1, 0.15) is 13.1 Å². The number of hydrogen-bond acceptors (Lipinski definition) is 5. The summed E-state index contributed by atoms with van der Waals surface area (Å²) in [5.41, 5.74) is 5.59. The van der Waals surface area contributed by atoms with Gasteiger partial charge in [-0.25, -0.2) is 4.79 Å². The van der Waals surface area contributed by atoms with Crippen LogP contribution in [0.3, 0.4) is 0 Å². The zero-order valence-electron chi connectivity index (χ0n) is 10.3. The lowest BCUT2D eigenvalue weighted by molar-refractivity contribution is -0.137. The Labute approximate surface area is 108 Å². The fourth-order valence-corrected chi connectivity index (χ4v) is 1.33. The van der Waals surface area contributed by atoms with Crippen molar-refractivity contribution in [3.05, 3.63) is 17.5 Å². The van der Waals surface area contributed by atoms with E-state index in [2.05, 4.69) is 10.5 Å². The number of amides is 3. The Morgan fingerprint density at radius 1 is 1.47 bits per heavy atom. The fourth-order valence-electron chi connectivity index (χ4n) is 1.33. The predicted molar refractivity (Wildman–Crippen MR) is 61.9 cm³/mol. The molecule has 104 valence electrons. The standard InChI is InChI=1S/C10H14N4O5/c1-6-2-7(19-13-6)3-12-10(18)14(4-8(11)15)5-9(16)17/h2H,3-5H2,1H3,(H2,11,15)(H,12,18)(H,16,17). The van der Waals surface area contributed by atoms with Gasteiger partial charge in [0.05, 0.1) is 12.2 Å². The maximum absolute atomic E-state index is 11.7. The second kappa shape index (κ2) is 6.38. The van der Waals surface area contributed by atoms with Gasteiger partial charge in [-0.1, -0.05) is 5.16 Å². The number of nitrogens with one attached hydrogen (secondary N) is 1. The van der Waals surface area contributed by atoms with Crippen molar-refractivity contribution in [1.82, 2.24) is 15.4 Å². The van der Waals surface area contributed by atoms with Gasteiger partial charge >= 0.3 is 12.0 Å². The van der Waals surface area contributed by atoms with Crippen LogP contribution in [0.1, 0.15) is 11.5 Å². The summed E-state index contributed by atoms with van der Waals surface area (Å²) >= 11 is 0. The fraction of sp³-hybridized carbons (Fsp3) is 0.400. The summed E-state index contributed by atoms with van der Waals surface area (Å²) in [7, 11) is 0. The van der Waals surface area contributed by atoms with E-state index in [0.717, 1.165) is 4.90 Å². The first-order valence-corrected chi connectivity index (χ1v) is 5.33. The highest BCUT2D eigenvalue weighted by Gasteiger charge is 2.18. The van der Waals surface area contributed by atoms with Gasteiger partial charge < -0.3 is 25.6 Å². The number of carbonyl (C=O) groups is 3. The Kier molecular flexibility index (Phi) is 4.86. The molecule has 0 aliphatic heterocycles. The lowest BCUT2D eigenvalue weighted by Gasteiger charge is -2.18. The quantitative estimate of drug-likeness (QED) is 0.610. The van der Waals surface area contributed by atoms with Crippen molar-refractivity contribution in [2.45, 2.75) is 13.5 Å². The van der Waals surface area contributed by atoms with Gasteiger partial charge in [0.2, 0.25) is 5.91 Å². The number of rotatable bonds is 6. The first-order chi connectivity index (χ1) is 8.88. The number of urea groups is 1. The number of aromatic nitrogens is 1. The molecule has 0 atom stereocenters. The molecule has 4 N–H and O–H groups in total. The number of nitrogens with two attached hydrogens (primary N) is 1. The lowest BCUT2D eigenvalue weighted by atomic mass is 10.4. The van der Waals surface area contributed by atoms with Crippen LogP contribution in [0.25, 0.3) is 0 Å². The Balaban J connectivity index is 2.55. The first kappa shape index (κ1) is 14.5. The van der Waals surface area contributed by atoms with Crippen molar-refractivity contribution in [1.29, 1.82) is 0 Å². The molecule has 0 saturated heterocycles. The third kappa shape index (κ3) is 5.06. The molecule has 19 heavy (non-hydrogen) atoms. The van der Waals surface area contributed by atoms with E-state index in [1.54, 1.807) is 13.0 Å². The number of carboxylic acids is 1. The van der Waals surface area contributed by atoms with Crippen LogP contribution in [0.15, 0.2) is 10.6 Å². The summed E-state index contributed by atoms with van der Waals surface area (Å²) in [6.45, 7) is 0.658. The second-order valence-electron chi connectivity index (χ2n) is 3.81. The number of carboxylic acid groups (broad SMARTS) is 1. The van der Waals surface area contributed by atoms with Gasteiger partial charge in [-0.3, -0.25) is 9.59 Å². The first-order valence-electron chi connectivity index (χ1n) is 5.33. The summed E-state index contributed by atoms with van der Waals surface area (Å²) in [5.74, 6) is -1.63. The maximum Gasteiger partial charge on any atom is 0.323 e. The van der Waals surface area contributed by atoms with Crippen LogP contribution in [0.4, 0.5) is 4.79 Å². The maximum atomic E-state index is 11.7. The molecule has 1 aromatic heterocycles. The normalized spacial score (nSPS) is 9.95. The minimum absolute atomic E-state index is 0.0363. The minimum Gasteiger partial charge on any atom is -0.480 e. The largest absolute Gasteiger partial charge is 0.480 e. The third-order valence-corrected chi connectivity index (χ3v) is 2.05. The topological polar surface area (TPSA) is 139 Å². The van der Waals surface area contributed by atoms with Crippen molar-refractivity contribution >= 4 is 17.9 Å². The molecule has 0 aliphatic rings. The summed E-state index contributed by atoms with van der Waals surface area (Å²) < 4.78 is 4.87. The summed E-state index contributed by atoms with van der Waals surface area (Å²) in [5, 5.41) is 14.7. The van der Waals surface area contributed by atoms with Crippen LogP contribution in [-0.4, -0.2) is 46.2 Å². The number of carbonyl (C=O) groups excluding carboxylic acids is 2. The van der Waals surface area contributed by atoms with Crippen molar-refractivity contribution in [3.8, 4) is 0 Å². The SMILES string of the molecule is Cc1cc(CNC(=O)N(CC(N)=O)CC(=O)O)on1. The average Bonchev–Trinajstić information content (AvgIpc) is 2.70. The van der Waals surface area contributed by atoms with Crippen LogP contribution >= 0.6 is 0 Å². The van der Waals surface area contributed by atoms with E-state index in [9.17, 15) is 14.4 Å². The molecular weight excluding hydrogens is 256 g/mol. The van der Waals surface area contributed by atoms with E-state index in [4.69, 9.17) is 15.4 Å². The van der Waals surface area contributed by atoms with Gasteiger partial charge in [-0.05, 0) is 6.92 Å². The Hall–Kier alpha value is -2.58. The van der Waals surface area contributed by atoms with E-state index in [0.29, 0.717) is 11.5 Å². The molecule has 0 bridgehead atoms. The smallest absolute Gasteiger partial charge is 0.323 e. The Bertz CT molecular complexity index is 468. The van der Waals surface area contributed by atoms with E-state index in [-0.39, 0.29) is 6.54 Å². The highest BCUT2D eigenvalue weighted by molar-refractivity contribution is 5.85. The van der Waals surface area contributed by atoms with Crippen molar-refractivity contribution in [2.75, 3.05) is 13.1 Å². The van der Waals surface area contributed by atoms with Gasteiger partial charge in [0, 0.05) is 6.07 Å². The molecule has 9 heteroatoms. The van der Waals surface area contributed by atoms with Crippen LogP contribution in [-0.2, 0) is 16.1 Å². The van der Waals surface area contributed by atoms with E-state index in [1.165, 1.54) is 0 Å². The number of aliphatic carboxylic acids is 1. The highest BCUT2D eigenvalue weighted by atomic mass is 16.5. The van der Waals surface area contributed by atoms with Crippen LogP contribution in [0.2, 0.25) is 0 Å². The molecule has 1 aromatic rings. The second-order valence-corrected chi connectivity index (χ2v) is 3.81. The third-order valence-electron chi connectivity index (χ3n) is 2.05. The summed E-state index contributed by atoms with van der Waals surface area (Å²) in [6, 6.07) is 0.894. The number of hydrogen-bond donors (Lipinski definition) is 3. The van der Waals surface area contributed by atoms with E-state index < -0.39 is 31.0 Å². The zero-order chi connectivity index (χ0) is 14.4. The molecule has 0 radical (unpaired) electrons. The molecule has 0 saturated carbocycles. The van der Waals surface area contributed by atoms with Gasteiger partial charge in [0.15, 0.2) is 5.76 Å². The average molecular weight is 270 g/mol. The number of primary amides is 1. The molecule has 0 unspecified atom stereocenters. The van der Waals surface area contributed by atoms with Crippen LogP contribution in [0.5, 0.6) is 0 Å². The van der Waals surface area contributed by atoms with E-state index in [1.807, 2.05) is 0 Å². The number of nitrogens with zero attached hydrogens (tertiary/aromatic N) is 2. The van der Waals surface area contributed by atoms with Gasteiger partial charge in [0.25, 0.3) is 0 Å². The van der Waals surface area contributed by atoms with Crippen molar-refractivity contribution in [3.63, 3.8) is 0 Å². The molecule has 9 nitrogen and oxygen atoms in total. The van der Waals surface area contributed by atoms with Gasteiger partial charge in [-0.2, -0.15) is 0 Å². The lowest BCUT2D eigenvalue weighted by Crippen LogP contribution is -2.46. The molecule has 1 heterocycles. The van der Waals surface area contributed by atoms with Crippen molar-refractivity contribution < 1.29 is 24.0 Å². The highest BCUT2D eigenvalue weighted by Crippen LogP contribution is 2.01. The molecule has 0 spiro atoms. The van der Waals surface area contributed by atoms with Crippen molar-refractivity contribution in [2.24, 2.45) is 5.73 Å². The minimum atomic E-state index is -1.24.